The van der Waals surface area contributed by atoms with E-state index in [1.165, 1.54) is 11.1 Å². The second-order valence-electron chi connectivity index (χ2n) is 4.03. The molecule has 0 fully saturated rings. The zero-order valence-corrected chi connectivity index (χ0v) is 9.65. The fraction of sp³-hybridized carbons (Fsp3) is 0.231. The quantitative estimate of drug-likeness (QED) is 0.727. The van der Waals surface area contributed by atoms with Gasteiger partial charge in [0, 0.05) is 6.20 Å². The summed E-state index contributed by atoms with van der Waals surface area (Å²) in [5.41, 5.74) is 4.78. The highest BCUT2D eigenvalue weighted by Crippen LogP contribution is 2.15. The summed E-state index contributed by atoms with van der Waals surface area (Å²) in [6.07, 6.45) is 1.77. The molecule has 0 aliphatic rings. The summed E-state index contributed by atoms with van der Waals surface area (Å²) in [6, 6.07) is 8.36. The van der Waals surface area contributed by atoms with Crippen molar-refractivity contribution < 1.29 is 0 Å². The second kappa shape index (κ2) is 3.82. The first-order chi connectivity index (χ1) is 7.60. The SMILES string of the molecule is Cc1cc(C)cc(-n2cc(C#N)c(C)n2)c1. The number of nitriles is 1. The highest BCUT2D eigenvalue weighted by molar-refractivity contribution is 5.41. The number of rotatable bonds is 1. The number of benzene rings is 1. The van der Waals surface area contributed by atoms with Crippen molar-refractivity contribution in [1.29, 1.82) is 5.26 Å². The summed E-state index contributed by atoms with van der Waals surface area (Å²) < 4.78 is 1.76. The largest absolute Gasteiger partial charge is 0.239 e. The van der Waals surface area contributed by atoms with Gasteiger partial charge in [-0.15, -0.1) is 0 Å². The van der Waals surface area contributed by atoms with Crippen molar-refractivity contribution in [2.75, 3.05) is 0 Å². The summed E-state index contributed by atoms with van der Waals surface area (Å²) in [6.45, 7) is 5.95. The van der Waals surface area contributed by atoms with Crippen LogP contribution in [0.4, 0.5) is 0 Å². The van der Waals surface area contributed by atoms with Crippen molar-refractivity contribution in [1.82, 2.24) is 9.78 Å². The summed E-state index contributed by atoms with van der Waals surface area (Å²) >= 11 is 0. The first-order valence-electron chi connectivity index (χ1n) is 5.15. The molecule has 2 rings (SSSR count). The van der Waals surface area contributed by atoms with E-state index in [4.69, 9.17) is 5.26 Å². The van der Waals surface area contributed by atoms with Crippen LogP contribution < -0.4 is 0 Å². The molecule has 1 aromatic heterocycles. The molecule has 0 N–H and O–H groups in total. The normalized spacial score (nSPS) is 10.1. The van der Waals surface area contributed by atoms with Gasteiger partial charge in [0.15, 0.2) is 0 Å². The van der Waals surface area contributed by atoms with Gasteiger partial charge in [-0.3, -0.25) is 0 Å². The molecule has 0 saturated carbocycles. The van der Waals surface area contributed by atoms with Crippen LogP contribution in [0.5, 0.6) is 0 Å². The Bertz CT molecular complexity index is 553. The Morgan fingerprint density at radius 1 is 1.12 bits per heavy atom. The maximum atomic E-state index is 8.88. The highest BCUT2D eigenvalue weighted by atomic mass is 15.3. The van der Waals surface area contributed by atoms with Gasteiger partial charge < -0.3 is 0 Å². The minimum Gasteiger partial charge on any atom is -0.239 e. The molecule has 0 amide bonds. The van der Waals surface area contributed by atoms with Gasteiger partial charge in [-0.05, 0) is 44.0 Å². The van der Waals surface area contributed by atoms with Crippen LogP contribution in [0.3, 0.4) is 0 Å². The average molecular weight is 211 g/mol. The number of hydrogen-bond acceptors (Lipinski definition) is 2. The monoisotopic (exact) mass is 211 g/mol. The van der Waals surface area contributed by atoms with Gasteiger partial charge >= 0.3 is 0 Å². The van der Waals surface area contributed by atoms with E-state index < -0.39 is 0 Å². The zero-order valence-electron chi connectivity index (χ0n) is 9.65. The predicted molar refractivity (Wildman–Crippen MR) is 62.5 cm³/mol. The lowest BCUT2D eigenvalue weighted by molar-refractivity contribution is 0.860. The summed E-state index contributed by atoms with van der Waals surface area (Å²) in [5, 5.41) is 13.2. The molecule has 16 heavy (non-hydrogen) atoms. The van der Waals surface area contributed by atoms with Gasteiger partial charge in [0.2, 0.25) is 0 Å². The van der Waals surface area contributed by atoms with Gasteiger partial charge in [0.25, 0.3) is 0 Å². The van der Waals surface area contributed by atoms with Crippen molar-refractivity contribution in [3.63, 3.8) is 0 Å². The first kappa shape index (κ1) is 10.4. The minimum atomic E-state index is 0.624. The van der Waals surface area contributed by atoms with Crippen LogP contribution in [0, 0.1) is 32.1 Å². The number of hydrogen-bond donors (Lipinski definition) is 0. The van der Waals surface area contributed by atoms with Crippen LogP contribution in [0.2, 0.25) is 0 Å². The molecule has 3 nitrogen and oxygen atoms in total. The van der Waals surface area contributed by atoms with E-state index in [2.05, 4.69) is 43.2 Å². The fourth-order valence-corrected chi connectivity index (χ4v) is 1.78. The van der Waals surface area contributed by atoms with E-state index in [1.54, 1.807) is 10.9 Å². The zero-order chi connectivity index (χ0) is 11.7. The molecule has 0 bridgehead atoms. The Morgan fingerprint density at radius 2 is 1.75 bits per heavy atom. The summed E-state index contributed by atoms with van der Waals surface area (Å²) in [5.74, 6) is 0. The van der Waals surface area contributed by atoms with Crippen molar-refractivity contribution >= 4 is 0 Å². The van der Waals surface area contributed by atoms with Crippen LogP contribution >= 0.6 is 0 Å². The third kappa shape index (κ3) is 1.82. The molecule has 2 aromatic rings. The lowest BCUT2D eigenvalue weighted by atomic mass is 10.1. The standard InChI is InChI=1S/C13H13N3/c1-9-4-10(2)6-13(5-9)16-8-12(7-14)11(3)15-16/h4-6,8H,1-3H3. The third-order valence-electron chi connectivity index (χ3n) is 2.49. The van der Waals surface area contributed by atoms with Gasteiger partial charge in [-0.2, -0.15) is 10.4 Å². The third-order valence-corrected chi connectivity index (χ3v) is 2.49. The molecule has 1 aromatic carbocycles. The van der Waals surface area contributed by atoms with E-state index in [-0.39, 0.29) is 0 Å². The Balaban J connectivity index is 2.55. The van der Waals surface area contributed by atoms with Gasteiger partial charge in [0.1, 0.15) is 6.07 Å². The molecule has 0 spiro atoms. The molecular weight excluding hydrogens is 198 g/mol. The van der Waals surface area contributed by atoms with Crippen LogP contribution in [0.15, 0.2) is 24.4 Å². The molecule has 0 atom stereocenters. The Kier molecular flexibility index (Phi) is 2.49. The summed E-state index contributed by atoms with van der Waals surface area (Å²) in [7, 11) is 0. The van der Waals surface area contributed by atoms with E-state index in [0.717, 1.165) is 11.4 Å². The highest BCUT2D eigenvalue weighted by Gasteiger charge is 2.05. The minimum absolute atomic E-state index is 0.624. The van der Waals surface area contributed by atoms with Crippen molar-refractivity contribution in [2.45, 2.75) is 20.8 Å². The van der Waals surface area contributed by atoms with Crippen LogP contribution in [0.25, 0.3) is 5.69 Å². The van der Waals surface area contributed by atoms with Gasteiger partial charge in [-0.25, -0.2) is 4.68 Å². The molecule has 80 valence electrons. The predicted octanol–water partition coefficient (Wildman–Crippen LogP) is 2.67. The van der Waals surface area contributed by atoms with Crippen LogP contribution in [-0.4, -0.2) is 9.78 Å². The fourth-order valence-electron chi connectivity index (χ4n) is 1.78. The number of nitrogens with zero attached hydrogens (tertiary/aromatic N) is 3. The van der Waals surface area contributed by atoms with Gasteiger partial charge in [-0.1, -0.05) is 6.07 Å². The maximum Gasteiger partial charge on any atom is 0.103 e. The van der Waals surface area contributed by atoms with E-state index >= 15 is 0 Å². The van der Waals surface area contributed by atoms with Gasteiger partial charge in [0.05, 0.1) is 16.9 Å². The Hall–Kier alpha value is -2.08. The van der Waals surface area contributed by atoms with E-state index in [9.17, 15) is 0 Å². The molecular formula is C13H13N3. The van der Waals surface area contributed by atoms with Crippen LogP contribution in [-0.2, 0) is 0 Å². The topological polar surface area (TPSA) is 41.6 Å². The first-order valence-corrected chi connectivity index (χ1v) is 5.15. The van der Waals surface area contributed by atoms with Crippen LogP contribution in [0.1, 0.15) is 22.4 Å². The molecule has 0 radical (unpaired) electrons. The lowest BCUT2D eigenvalue weighted by Crippen LogP contribution is -1.96. The van der Waals surface area contributed by atoms with Crippen molar-refractivity contribution in [3.8, 4) is 11.8 Å². The molecule has 1 heterocycles. The lowest BCUT2D eigenvalue weighted by Gasteiger charge is -2.04. The summed E-state index contributed by atoms with van der Waals surface area (Å²) in [4.78, 5) is 0. The number of aryl methyl sites for hydroxylation is 3. The molecule has 0 unspecified atom stereocenters. The Morgan fingerprint density at radius 3 is 2.25 bits per heavy atom. The smallest absolute Gasteiger partial charge is 0.103 e. The molecule has 0 saturated heterocycles. The Labute approximate surface area is 94.9 Å². The van der Waals surface area contributed by atoms with E-state index in [0.29, 0.717) is 5.56 Å². The van der Waals surface area contributed by atoms with E-state index in [1.807, 2.05) is 6.92 Å². The average Bonchev–Trinajstić information content (AvgIpc) is 2.58. The van der Waals surface area contributed by atoms with Crippen molar-refractivity contribution in [2.24, 2.45) is 0 Å². The maximum absolute atomic E-state index is 8.88. The second-order valence-corrected chi connectivity index (χ2v) is 4.03. The molecule has 0 aliphatic heterocycles. The molecule has 3 heteroatoms. The molecule has 0 aliphatic carbocycles. The van der Waals surface area contributed by atoms with Crippen molar-refractivity contribution in [3.05, 3.63) is 46.8 Å². The number of aromatic nitrogens is 2.